The van der Waals surface area contributed by atoms with Crippen LogP contribution in [0.15, 0.2) is 48.5 Å². The lowest BCUT2D eigenvalue weighted by Crippen LogP contribution is -2.43. The largest absolute Gasteiger partial charge is 0.334 e. The summed E-state index contributed by atoms with van der Waals surface area (Å²) in [5.74, 6) is -0.0290. The van der Waals surface area contributed by atoms with Crippen molar-refractivity contribution in [1.29, 1.82) is 0 Å². The van der Waals surface area contributed by atoms with Crippen molar-refractivity contribution in [3.8, 4) is 0 Å². The number of hydrogen-bond acceptors (Lipinski definition) is 2. The predicted octanol–water partition coefficient (Wildman–Crippen LogP) is 3.60. The number of nitrogens with one attached hydrogen (secondary N) is 2. The summed E-state index contributed by atoms with van der Waals surface area (Å²) >= 11 is 11.9. The zero-order valence-electron chi connectivity index (χ0n) is 13.3. The Morgan fingerprint density at radius 2 is 1.84 bits per heavy atom. The molecule has 0 aliphatic carbocycles. The molecule has 0 bridgehead atoms. The van der Waals surface area contributed by atoms with E-state index in [1.807, 2.05) is 18.2 Å². The third kappa shape index (κ3) is 4.44. The van der Waals surface area contributed by atoms with Crippen molar-refractivity contribution < 1.29 is 9.59 Å². The molecule has 25 heavy (non-hydrogen) atoms. The summed E-state index contributed by atoms with van der Waals surface area (Å²) in [7, 11) is 0. The minimum absolute atomic E-state index is 0.0290. The Balaban J connectivity index is 1.53. The van der Waals surface area contributed by atoms with Crippen LogP contribution in [0.5, 0.6) is 0 Å². The standard InChI is InChI=1S/C18H17Cl2N3O2/c19-13-5-7-15(8-6-13)23-11-14(9-17(23)24)22-18(25)21-10-12-3-1-2-4-16(12)20/h1-8,14H,9-11H2,(H2,21,22,25). The molecule has 0 radical (unpaired) electrons. The quantitative estimate of drug-likeness (QED) is 0.854. The Hall–Kier alpha value is -2.24. The van der Waals surface area contributed by atoms with E-state index in [0.29, 0.717) is 23.1 Å². The molecular weight excluding hydrogens is 361 g/mol. The van der Waals surface area contributed by atoms with Crippen molar-refractivity contribution in [3.05, 3.63) is 64.1 Å². The fraction of sp³-hybridized carbons (Fsp3) is 0.222. The van der Waals surface area contributed by atoms with Gasteiger partial charge in [-0.15, -0.1) is 0 Å². The van der Waals surface area contributed by atoms with Gasteiger partial charge in [0.2, 0.25) is 5.91 Å². The molecule has 1 aliphatic rings. The number of anilines is 1. The van der Waals surface area contributed by atoms with Gasteiger partial charge in [-0.05, 0) is 35.9 Å². The number of urea groups is 1. The average Bonchev–Trinajstić information content (AvgIpc) is 2.95. The van der Waals surface area contributed by atoms with Gasteiger partial charge in [-0.2, -0.15) is 0 Å². The number of carbonyl (C=O) groups is 2. The van der Waals surface area contributed by atoms with E-state index in [4.69, 9.17) is 23.2 Å². The van der Waals surface area contributed by atoms with Crippen LogP contribution in [0.25, 0.3) is 0 Å². The molecule has 3 amide bonds. The average molecular weight is 378 g/mol. The van der Waals surface area contributed by atoms with E-state index in [2.05, 4.69) is 10.6 Å². The topological polar surface area (TPSA) is 61.4 Å². The van der Waals surface area contributed by atoms with E-state index in [-0.39, 0.29) is 24.4 Å². The van der Waals surface area contributed by atoms with Gasteiger partial charge >= 0.3 is 6.03 Å². The lowest BCUT2D eigenvalue weighted by atomic mass is 10.2. The van der Waals surface area contributed by atoms with Gasteiger partial charge in [0.1, 0.15) is 0 Å². The van der Waals surface area contributed by atoms with Crippen molar-refractivity contribution in [1.82, 2.24) is 10.6 Å². The molecule has 2 aromatic carbocycles. The lowest BCUT2D eigenvalue weighted by Gasteiger charge is -2.17. The van der Waals surface area contributed by atoms with Crippen molar-refractivity contribution in [2.24, 2.45) is 0 Å². The summed E-state index contributed by atoms with van der Waals surface area (Å²) in [5, 5.41) is 6.81. The Bertz CT molecular complexity index is 780. The third-order valence-electron chi connectivity index (χ3n) is 4.00. The molecule has 0 spiro atoms. The molecule has 2 N–H and O–H groups in total. The molecule has 5 nitrogen and oxygen atoms in total. The number of nitrogens with zero attached hydrogens (tertiary/aromatic N) is 1. The fourth-order valence-electron chi connectivity index (χ4n) is 2.73. The number of benzene rings is 2. The zero-order chi connectivity index (χ0) is 17.8. The van der Waals surface area contributed by atoms with E-state index >= 15 is 0 Å². The van der Waals surface area contributed by atoms with Crippen LogP contribution in [0.1, 0.15) is 12.0 Å². The van der Waals surface area contributed by atoms with Crippen molar-refractivity contribution in [2.75, 3.05) is 11.4 Å². The van der Waals surface area contributed by atoms with Crippen molar-refractivity contribution in [2.45, 2.75) is 19.0 Å². The molecule has 1 unspecified atom stereocenters. The Morgan fingerprint density at radius 3 is 2.56 bits per heavy atom. The van der Waals surface area contributed by atoms with E-state index in [1.54, 1.807) is 35.2 Å². The van der Waals surface area contributed by atoms with E-state index in [0.717, 1.165) is 11.3 Å². The SMILES string of the molecule is O=C(NCc1ccccc1Cl)NC1CC(=O)N(c2ccc(Cl)cc2)C1. The second-order valence-corrected chi connectivity index (χ2v) is 6.64. The highest BCUT2D eigenvalue weighted by molar-refractivity contribution is 6.31. The normalized spacial score (nSPS) is 16.8. The van der Waals surface area contributed by atoms with E-state index in [1.165, 1.54) is 0 Å². The van der Waals surface area contributed by atoms with Gasteiger partial charge in [0.05, 0.1) is 6.04 Å². The number of rotatable bonds is 4. The summed E-state index contributed by atoms with van der Waals surface area (Å²) in [6.45, 7) is 0.757. The van der Waals surface area contributed by atoms with Crippen molar-refractivity contribution in [3.63, 3.8) is 0 Å². The third-order valence-corrected chi connectivity index (χ3v) is 4.62. The second kappa shape index (κ2) is 7.76. The van der Waals surface area contributed by atoms with Crippen LogP contribution in [-0.2, 0) is 11.3 Å². The molecule has 1 saturated heterocycles. The van der Waals surface area contributed by atoms with Crippen LogP contribution in [0, 0.1) is 0 Å². The van der Waals surface area contributed by atoms with Gasteiger partial charge in [0.25, 0.3) is 0 Å². The molecule has 7 heteroatoms. The summed E-state index contributed by atoms with van der Waals surface area (Å²) < 4.78 is 0. The molecule has 2 aromatic rings. The second-order valence-electron chi connectivity index (χ2n) is 5.80. The van der Waals surface area contributed by atoms with Crippen LogP contribution in [-0.4, -0.2) is 24.5 Å². The minimum atomic E-state index is -0.323. The molecule has 1 fully saturated rings. The molecule has 0 saturated carbocycles. The van der Waals surface area contributed by atoms with Gasteiger partial charge < -0.3 is 15.5 Å². The highest BCUT2D eigenvalue weighted by Gasteiger charge is 2.31. The molecule has 130 valence electrons. The fourth-order valence-corrected chi connectivity index (χ4v) is 3.06. The predicted molar refractivity (Wildman–Crippen MR) is 99.0 cm³/mol. The first-order valence-electron chi connectivity index (χ1n) is 7.86. The molecule has 0 aromatic heterocycles. The van der Waals surface area contributed by atoms with E-state index in [9.17, 15) is 9.59 Å². The summed E-state index contributed by atoms with van der Waals surface area (Å²) in [4.78, 5) is 25.9. The first kappa shape index (κ1) is 17.6. The van der Waals surface area contributed by atoms with Crippen LogP contribution >= 0.6 is 23.2 Å². The molecule has 1 atom stereocenters. The van der Waals surface area contributed by atoms with Gasteiger partial charge in [0, 0.05) is 35.2 Å². The number of hydrogen-bond donors (Lipinski definition) is 2. The van der Waals surface area contributed by atoms with Gasteiger partial charge in [-0.3, -0.25) is 4.79 Å². The Morgan fingerprint density at radius 1 is 1.12 bits per heavy atom. The molecular formula is C18H17Cl2N3O2. The molecule has 1 aliphatic heterocycles. The first-order valence-corrected chi connectivity index (χ1v) is 8.62. The van der Waals surface area contributed by atoms with Gasteiger partial charge in [0.15, 0.2) is 0 Å². The van der Waals surface area contributed by atoms with Crippen LogP contribution in [0.2, 0.25) is 10.0 Å². The summed E-state index contributed by atoms with van der Waals surface area (Å²) in [6, 6.07) is 13.8. The zero-order valence-corrected chi connectivity index (χ0v) is 14.8. The van der Waals surface area contributed by atoms with Crippen LogP contribution in [0.4, 0.5) is 10.5 Å². The van der Waals surface area contributed by atoms with Crippen LogP contribution in [0.3, 0.4) is 0 Å². The van der Waals surface area contributed by atoms with Crippen molar-refractivity contribution >= 4 is 40.8 Å². The maximum atomic E-state index is 12.2. The number of carbonyl (C=O) groups excluding carboxylic acids is 2. The Kier molecular flexibility index (Phi) is 5.46. The monoisotopic (exact) mass is 377 g/mol. The lowest BCUT2D eigenvalue weighted by molar-refractivity contribution is -0.117. The first-order chi connectivity index (χ1) is 12.0. The number of halogens is 2. The van der Waals surface area contributed by atoms with E-state index < -0.39 is 0 Å². The Labute approximate surface area is 155 Å². The van der Waals surface area contributed by atoms with Crippen LogP contribution < -0.4 is 15.5 Å². The minimum Gasteiger partial charge on any atom is -0.334 e. The summed E-state index contributed by atoms with van der Waals surface area (Å²) in [6.07, 6.45) is 0.266. The summed E-state index contributed by atoms with van der Waals surface area (Å²) in [5.41, 5.74) is 1.61. The maximum absolute atomic E-state index is 12.2. The number of amides is 3. The molecule has 3 rings (SSSR count). The van der Waals surface area contributed by atoms with Gasteiger partial charge in [-0.25, -0.2) is 4.79 Å². The smallest absolute Gasteiger partial charge is 0.315 e. The highest BCUT2D eigenvalue weighted by atomic mass is 35.5. The molecule has 1 heterocycles. The maximum Gasteiger partial charge on any atom is 0.315 e. The highest BCUT2D eigenvalue weighted by Crippen LogP contribution is 2.23. The van der Waals surface area contributed by atoms with Gasteiger partial charge in [-0.1, -0.05) is 41.4 Å².